The number of carbonyl (C=O) groups is 2. The summed E-state index contributed by atoms with van der Waals surface area (Å²) in [5.41, 5.74) is 7.62. The molecule has 3 aromatic rings. The first kappa shape index (κ1) is 28.2. The van der Waals surface area contributed by atoms with E-state index in [4.69, 9.17) is 20.4 Å². The number of hydrogen-bond donors (Lipinski definition) is 4. The molecule has 0 fully saturated rings. The Labute approximate surface area is 222 Å². The van der Waals surface area contributed by atoms with Crippen LogP contribution in [0.25, 0.3) is 0 Å². The van der Waals surface area contributed by atoms with Crippen molar-refractivity contribution in [2.45, 2.75) is 19.9 Å². The van der Waals surface area contributed by atoms with Gasteiger partial charge in [-0.25, -0.2) is 9.00 Å². The van der Waals surface area contributed by atoms with Crippen LogP contribution in [0.2, 0.25) is 0 Å². The number of ether oxygens (including phenoxy) is 2. The largest absolute Gasteiger partial charge is 0.464 e. The molecule has 3 rings (SSSR count). The standard InChI is InChI=1S/C26H28N4O7S/c1-3-36-26(32)23(30(38(34)35)20-10-4-17(2)5-11-20)16-28-25(31)19-8-14-22(15-9-19)37-21-12-6-18(7-13-21)24(27)29-33/h4-15,23,33H,3,16H2,1-2H3,(H2,27,29)(H,28,31)(H,34,35). The fourth-order valence-electron chi connectivity index (χ4n) is 3.42. The van der Waals surface area contributed by atoms with Gasteiger partial charge in [0.25, 0.3) is 17.2 Å². The maximum Gasteiger partial charge on any atom is 0.331 e. The fraction of sp³-hybridized carbons (Fsp3) is 0.192. The van der Waals surface area contributed by atoms with Gasteiger partial charge in [0, 0.05) is 11.1 Å². The van der Waals surface area contributed by atoms with Gasteiger partial charge in [0.2, 0.25) is 0 Å². The van der Waals surface area contributed by atoms with E-state index >= 15 is 0 Å². The zero-order valence-corrected chi connectivity index (χ0v) is 21.6. The van der Waals surface area contributed by atoms with Gasteiger partial charge in [-0.2, -0.15) is 0 Å². The number of esters is 1. The SMILES string of the molecule is CCOC(=O)C(CNC(=O)c1ccc(Oc2ccc(C(N)=NO)cc2)cc1)N(c1ccc(C)cc1)S(=O)O. The van der Waals surface area contributed by atoms with Crippen molar-refractivity contribution in [1.29, 1.82) is 0 Å². The van der Waals surface area contributed by atoms with Crippen molar-refractivity contribution in [3.8, 4) is 11.5 Å². The number of aryl methyl sites for hydroxylation is 1. The van der Waals surface area contributed by atoms with Gasteiger partial charge >= 0.3 is 5.97 Å². The van der Waals surface area contributed by atoms with Crippen LogP contribution in [0.5, 0.6) is 11.5 Å². The smallest absolute Gasteiger partial charge is 0.331 e. The molecule has 5 N–H and O–H groups in total. The Morgan fingerprint density at radius 1 is 1.00 bits per heavy atom. The summed E-state index contributed by atoms with van der Waals surface area (Å²) in [5.74, 6) is -0.311. The van der Waals surface area contributed by atoms with E-state index in [0.29, 0.717) is 22.7 Å². The van der Waals surface area contributed by atoms with Crippen LogP contribution in [0, 0.1) is 6.92 Å². The van der Waals surface area contributed by atoms with Crippen molar-refractivity contribution in [1.82, 2.24) is 5.32 Å². The van der Waals surface area contributed by atoms with Crippen LogP contribution in [-0.2, 0) is 20.8 Å². The molecule has 1 amide bonds. The Balaban J connectivity index is 1.70. The zero-order valence-electron chi connectivity index (χ0n) is 20.7. The van der Waals surface area contributed by atoms with Gasteiger partial charge in [0.15, 0.2) is 11.9 Å². The highest BCUT2D eigenvalue weighted by molar-refractivity contribution is 7.80. The molecule has 0 saturated carbocycles. The predicted molar refractivity (Wildman–Crippen MR) is 143 cm³/mol. The van der Waals surface area contributed by atoms with Crippen molar-refractivity contribution in [3.63, 3.8) is 0 Å². The molecule has 0 aliphatic carbocycles. The summed E-state index contributed by atoms with van der Waals surface area (Å²) in [5, 5.41) is 14.3. The second-order valence-electron chi connectivity index (χ2n) is 8.01. The van der Waals surface area contributed by atoms with Crippen molar-refractivity contribution >= 4 is 34.7 Å². The lowest BCUT2D eigenvalue weighted by Crippen LogP contribution is -2.50. The Hall–Kier alpha value is -4.42. The average molecular weight is 541 g/mol. The Bertz CT molecular complexity index is 1300. The highest BCUT2D eigenvalue weighted by Gasteiger charge is 2.32. The van der Waals surface area contributed by atoms with Crippen LogP contribution in [0.1, 0.15) is 28.4 Å². The number of hydrogen-bond acceptors (Lipinski definition) is 7. The molecule has 11 nitrogen and oxygen atoms in total. The molecule has 0 spiro atoms. The number of nitrogens with zero attached hydrogens (tertiary/aromatic N) is 2. The molecule has 0 aliphatic heterocycles. The van der Waals surface area contributed by atoms with E-state index in [1.54, 1.807) is 67.6 Å². The number of oxime groups is 1. The van der Waals surface area contributed by atoms with Gasteiger partial charge in [0.1, 0.15) is 11.5 Å². The molecule has 3 aromatic carbocycles. The first-order valence-electron chi connectivity index (χ1n) is 11.5. The van der Waals surface area contributed by atoms with Crippen molar-refractivity contribution in [2.75, 3.05) is 17.5 Å². The molecule has 0 saturated heterocycles. The number of rotatable bonds is 11. The van der Waals surface area contributed by atoms with Crippen LogP contribution in [0.15, 0.2) is 78.0 Å². The lowest BCUT2D eigenvalue weighted by Gasteiger charge is -2.28. The molecule has 200 valence electrons. The van der Waals surface area contributed by atoms with Gasteiger partial charge < -0.3 is 25.7 Å². The number of anilines is 1. The molecule has 0 radical (unpaired) electrons. The zero-order chi connectivity index (χ0) is 27.7. The van der Waals surface area contributed by atoms with E-state index in [1.165, 1.54) is 12.1 Å². The lowest BCUT2D eigenvalue weighted by atomic mass is 10.1. The average Bonchev–Trinajstić information content (AvgIpc) is 2.92. The number of nitrogens with one attached hydrogen (secondary N) is 1. The predicted octanol–water partition coefficient (Wildman–Crippen LogP) is 3.19. The topological polar surface area (TPSA) is 164 Å². The van der Waals surface area contributed by atoms with Crippen LogP contribution >= 0.6 is 0 Å². The third-order valence-corrected chi connectivity index (χ3v) is 6.17. The van der Waals surface area contributed by atoms with Crippen LogP contribution in [0.3, 0.4) is 0 Å². The summed E-state index contributed by atoms with van der Waals surface area (Å²) in [4.78, 5) is 25.5. The summed E-state index contributed by atoms with van der Waals surface area (Å²) >= 11 is -2.56. The summed E-state index contributed by atoms with van der Waals surface area (Å²) < 4.78 is 34.0. The molecule has 0 bridgehead atoms. The highest BCUT2D eigenvalue weighted by atomic mass is 32.2. The van der Waals surface area contributed by atoms with Crippen LogP contribution in [-0.4, -0.2) is 50.9 Å². The molecule has 0 aromatic heterocycles. The van der Waals surface area contributed by atoms with Gasteiger partial charge in [-0.1, -0.05) is 22.9 Å². The van der Waals surface area contributed by atoms with E-state index < -0.39 is 29.2 Å². The first-order valence-corrected chi connectivity index (χ1v) is 12.6. The van der Waals surface area contributed by atoms with E-state index in [1.807, 2.05) is 6.92 Å². The summed E-state index contributed by atoms with van der Waals surface area (Å²) in [6.45, 7) is 3.28. The monoisotopic (exact) mass is 540 g/mol. The minimum Gasteiger partial charge on any atom is -0.464 e. The van der Waals surface area contributed by atoms with Gasteiger partial charge in [-0.15, -0.1) is 0 Å². The maximum absolute atomic E-state index is 12.8. The summed E-state index contributed by atoms with van der Waals surface area (Å²) in [6.07, 6.45) is 0. The van der Waals surface area contributed by atoms with E-state index in [0.717, 1.165) is 9.87 Å². The number of carbonyl (C=O) groups excluding carboxylic acids is 2. The molecular weight excluding hydrogens is 512 g/mol. The van der Waals surface area contributed by atoms with E-state index in [2.05, 4.69) is 10.5 Å². The van der Waals surface area contributed by atoms with Crippen molar-refractivity contribution < 1.29 is 33.0 Å². The number of benzene rings is 3. The van der Waals surface area contributed by atoms with E-state index in [9.17, 15) is 18.4 Å². The molecule has 0 aliphatic rings. The second-order valence-corrected chi connectivity index (χ2v) is 8.86. The quantitative estimate of drug-likeness (QED) is 0.0719. The maximum atomic E-state index is 12.8. The molecule has 12 heteroatoms. The first-order chi connectivity index (χ1) is 18.2. The van der Waals surface area contributed by atoms with Crippen molar-refractivity contribution in [3.05, 3.63) is 89.5 Å². The van der Waals surface area contributed by atoms with Gasteiger partial charge in [-0.05, 0) is 74.5 Å². The van der Waals surface area contributed by atoms with Crippen molar-refractivity contribution in [2.24, 2.45) is 10.9 Å². The lowest BCUT2D eigenvalue weighted by molar-refractivity contribution is -0.144. The van der Waals surface area contributed by atoms with Gasteiger partial charge in [0.05, 0.1) is 18.8 Å². The Morgan fingerprint density at radius 3 is 2.05 bits per heavy atom. The Kier molecular flexibility index (Phi) is 9.79. The molecular formula is C26H28N4O7S. The summed E-state index contributed by atoms with van der Waals surface area (Å²) in [6, 6.07) is 18.3. The fourth-order valence-corrected chi connectivity index (χ4v) is 4.10. The number of amidine groups is 1. The molecule has 2 atom stereocenters. The minimum atomic E-state index is -2.56. The molecule has 0 heterocycles. The number of nitrogens with two attached hydrogens (primary N) is 1. The van der Waals surface area contributed by atoms with Gasteiger partial charge in [-0.3, -0.25) is 13.7 Å². The third kappa shape index (κ3) is 7.31. The minimum absolute atomic E-state index is 0.0238. The normalized spacial score (nSPS) is 12.8. The second kappa shape index (κ2) is 13.2. The highest BCUT2D eigenvalue weighted by Crippen LogP contribution is 2.23. The molecule has 38 heavy (non-hydrogen) atoms. The molecule has 2 unspecified atom stereocenters. The van der Waals surface area contributed by atoms with Crippen LogP contribution in [0.4, 0.5) is 5.69 Å². The van der Waals surface area contributed by atoms with Crippen LogP contribution < -0.4 is 20.1 Å². The summed E-state index contributed by atoms with van der Waals surface area (Å²) in [7, 11) is 0. The third-order valence-electron chi connectivity index (χ3n) is 5.36. The van der Waals surface area contributed by atoms with E-state index in [-0.39, 0.29) is 24.6 Å². The number of amides is 1. The Morgan fingerprint density at radius 2 is 1.55 bits per heavy atom.